The smallest absolute Gasteiger partial charge is 0.270 e. The van der Waals surface area contributed by atoms with E-state index in [0.29, 0.717) is 6.42 Å². The topological polar surface area (TPSA) is 78.3 Å². The lowest BCUT2D eigenvalue weighted by Gasteiger charge is -2.55. The van der Waals surface area contributed by atoms with E-state index in [1.54, 1.807) is 4.52 Å². The average molecular weight is 461 g/mol. The van der Waals surface area contributed by atoms with Crippen LogP contribution in [0, 0.1) is 17.8 Å². The minimum Gasteiger partial charge on any atom is -0.354 e. The second kappa shape index (κ2) is 8.52. The highest BCUT2D eigenvalue weighted by Gasteiger charge is 2.53. The molecule has 0 amide bonds. The van der Waals surface area contributed by atoms with Crippen LogP contribution in [0.2, 0.25) is 0 Å². The molecule has 0 aliphatic heterocycles. The first-order valence-electron chi connectivity index (χ1n) is 12.9. The van der Waals surface area contributed by atoms with Crippen molar-refractivity contribution in [3.8, 4) is 0 Å². The van der Waals surface area contributed by atoms with Gasteiger partial charge in [0, 0.05) is 18.4 Å². The van der Waals surface area contributed by atoms with Crippen molar-refractivity contribution in [1.82, 2.24) is 24.5 Å². The molecule has 0 saturated heterocycles. The van der Waals surface area contributed by atoms with Gasteiger partial charge in [-0.1, -0.05) is 30.3 Å². The lowest BCUT2D eigenvalue weighted by atomic mass is 9.49. The Balaban J connectivity index is 1.42. The first-order chi connectivity index (χ1) is 16.5. The molecule has 4 bridgehead atoms. The van der Waals surface area contributed by atoms with E-state index in [2.05, 4.69) is 41.5 Å². The molecule has 7 heteroatoms. The third kappa shape index (κ3) is 3.94. The lowest BCUT2D eigenvalue weighted by molar-refractivity contribution is -0.00930. The Morgan fingerprint density at radius 3 is 2.38 bits per heavy atom. The fourth-order valence-corrected chi connectivity index (χ4v) is 7.30. The van der Waals surface area contributed by atoms with Crippen molar-refractivity contribution in [3.63, 3.8) is 0 Å². The normalized spacial score (nSPS) is 27.7. The zero-order chi connectivity index (χ0) is 23.3. The summed E-state index contributed by atoms with van der Waals surface area (Å²) < 4.78 is 1.79. The summed E-state index contributed by atoms with van der Waals surface area (Å²) >= 11 is 0. The van der Waals surface area contributed by atoms with Crippen LogP contribution in [0.1, 0.15) is 61.9 Å². The standard InChI is InChI=1S/C27H36N6O/c1-32(2)10-6-9-28-26-30-25(27-15-19-11-20(16-27)13-21(12-19)17-27)29-23-22(24(34)31-33(23)26)14-18-7-4-3-5-8-18/h3-5,7-8,19-21H,6,9-17H2,1-2H3,(H,31,34)(H,28,29,30). The Labute approximate surface area is 201 Å². The van der Waals surface area contributed by atoms with E-state index in [1.807, 2.05) is 18.2 Å². The molecule has 2 N–H and O–H groups in total. The van der Waals surface area contributed by atoms with Crippen LogP contribution in [0.4, 0.5) is 5.95 Å². The quantitative estimate of drug-likeness (QED) is 0.500. The molecule has 4 saturated carbocycles. The van der Waals surface area contributed by atoms with E-state index in [0.717, 1.165) is 65.8 Å². The minimum atomic E-state index is -0.0721. The number of hydrogen-bond donors (Lipinski definition) is 2. The molecule has 4 fully saturated rings. The van der Waals surface area contributed by atoms with E-state index in [1.165, 1.54) is 38.5 Å². The fraction of sp³-hybridized carbons (Fsp3) is 0.593. The average Bonchev–Trinajstić information content (AvgIpc) is 3.11. The van der Waals surface area contributed by atoms with Crippen molar-refractivity contribution >= 4 is 11.6 Å². The molecule has 3 aromatic rings. The maximum absolute atomic E-state index is 13.1. The summed E-state index contributed by atoms with van der Waals surface area (Å²) in [5.74, 6) is 4.15. The lowest BCUT2D eigenvalue weighted by Crippen LogP contribution is -2.49. The number of benzene rings is 1. The fourth-order valence-electron chi connectivity index (χ4n) is 7.30. The van der Waals surface area contributed by atoms with Gasteiger partial charge < -0.3 is 10.2 Å². The summed E-state index contributed by atoms with van der Waals surface area (Å²) in [4.78, 5) is 25.6. The predicted octanol–water partition coefficient (Wildman–Crippen LogP) is 3.84. The molecule has 2 heterocycles. The Morgan fingerprint density at radius 1 is 1.06 bits per heavy atom. The molecule has 4 aliphatic rings. The van der Waals surface area contributed by atoms with Gasteiger partial charge in [-0.3, -0.25) is 9.89 Å². The molecular weight excluding hydrogens is 424 g/mol. The van der Waals surface area contributed by atoms with Gasteiger partial charge in [0.2, 0.25) is 5.95 Å². The largest absolute Gasteiger partial charge is 0.354 e. The highest BCUT2D eigenvalue weighted by Crippen LogP contribution is 2.60. The summed E-state index contributed by atoms with van der Waals surface area (Å²) in [6, 6.07) is 10.2. The highest BCUT2D eigenvalue weighted by atomic mass is 16.1. The van der Waals surface area contributed by atoms with Crippen molar-refractivity contribution in [2.75, 3.05) is 32.5 Å². The van der Waals surface area contributed by atoms with Crippen molar-refractivity contribution < 1.29 is 0 Å². The van der Waals surface area contributed by atoms with Crippen LogP contribution < -0.4 is 10.9 Å². The van der Waals surface area contributed by atoms with Crippen LogP contribution in [0.5, 0.6) is 0 Å². The highest BCUT2D eigenvalue weighted by molar-refractivity contribution is 5.53. The van der Waals surface area contributed by atoms with Gasteiger partial charge in [0.15, 0.2) is 5.65 Å². The van der Waals surface area contributed by atoms with Crippen LogP contribution in [0.15, 0.2) is 35.1 Å². The van der Waals surface area contributed by atoms with Gasteiger partial charge in [0.25, 0.3) is 5.56 Å². The van der Waals surface area contributed by atoms with Crippen LogP contribution in [0.3, 0.4) is 0 Å². The van der Waals surface area contributed by atoms with E-state index in [9.17, 15) is 4.79 Å². The van der Waals surface area contributed by atoms with E-state index >= 15 is 0 Å². The Hall–Kier alpha value is -2.67. The van der Waals surface area contributed by atoms with Gasteiger partial charge in [0.05, 0.1) is 5.56 Å². The van der Waals surface area contributed by atoms with E-state index in [4.69, 9.17) is 9.97 Å². The maximum atomic E-state index is 13.1. The molecule has 4 aliphatic carbocycles. The van der Waals surface area contributed by atoms with Crippen LogP contribution >= 0.6 is 0 Å². The summed E-state index contributed by atoms with van der Waals surface area (Å²) in [5, 5.41) is 6.56. The van der Waals surface area contributed by atoms with E-state index in [-0.39, 0.29) is 11.0 Å². The number of H-pyrrole nitrogens is 1. The molecule has 0 spiro atoms. The minimum absolute atomic E-state index is 0.0721. The molecule has 180 valence electrons. The van der Waals surface area contributed by atoms with Crippen molar-refractivity contribution in [2.45, 2.75) is 56.8 Å². The molecule has 1 aromatic carbocycles. The molecule has 7 nitrogen and oxygen atoms in total. The number of fused-ring (bicyclic) bond motifs is 1. The number of rotatable bonds is 8. The maximum Gasteiger partial charge on any atom is 0.270 e. The van der Waals surface area contributed by atoms with Crippen LogP contribution in [0.25, 0.3) is 5.65 Å². The SMILES string of the molecule is CN(C)CCCNc1nc(C23CC4CC(CC(C4)C2)C3)nc2c(Cc3ccccc3)c(=O)[nH]n12. The molecule has 0 unspecified atom stereocenters. The van der Waals surface area contributed by atoms with Crippen LogP contribution in [-0.2, 0) is 11.8 Å². The number of nitrogens with one attached hydrogen (secondary N) is 2. The summed E-state index contributed by atoms with van der Waals surface area (Å²) in [6.45, 7) is 1.81. The van der Waals surface area contributed by atoms with Gasteiger partial charge in [-0.25, -0.2) is 9.50 Å². The summed E-state index contributed by atoms with van der Waals surface area (Å²) in [7, 11) is 4.18. The number of anilines is 1. The first-order valence-corrected chi connectivity index (χ1v) is 12.9. The third-order valence-corrected chi connectivity index (χ3v) is 8.41. The zero-order valence-corrected chi connectivity index (χ0v) is 20.4. The van der Waals surface area contributed by atoms with Gasteiger partial charge in [-0.15, -0.1) is 0 Å². The predicted molar refractivity (Wildman–Crippen MR) is 134 cm³/mol. The Morgan fingerprint density at radius 2 is 1.74 bits per heavy atom. The number of aromatic nitrogens is 4. The Kier molecular flexibility index (Phi) is 5.47. The monoisotopic (exact) mass is 460 g/mol. The second-order valence-electron chi connectivity index (χ2n) is 11.4. The summed E-state index contributed by atoms with van der Waals surface area (Å²) in [6.07, 6.45) is 9.37. The summed E-state index contributed by atoms with van der Waals surface area (Å²) in [5.41, 5.74) is 2.60. The van der Waals surface area contributed by atoms with Crippen LogP contribution in [-0.4, -0.2) is 51.7 Å². The number of aromatic amines is 1. The zero-order valence-electron chi connectivity index (χ0n) is 20.4. The van der Waals surface area contributed by atoms with Crippen molar-refractivity contribution in [1.29, 1.82) is 0 Å². The molecule has 0 radical (unpaired) electrons. The molecule has 34 heavy (non-hydrogen) atoms. The van der Waals surface area contributed by atoms with Gasteiger partial charge in [-0.2, -0.15) is 4.98 Å². The van der Waals surface area contributed by atoms with E-state index < -0.39 is 0 Å². The molecular formula is C27H36N6O. The van der Waals surface area contributed by atoms with Gasteiger partial charge in [0.1, 0.15) is 5.82 Å². The Bertz CT molecular complexity index is 1190. The van der Waals surface area contributed by atoms with Crippen molar-refractivity contribution in [3.05, 3.63) is 57.6 Å². The van der Waals surface area contributed by atoms with Crippen molar-refractivity contribution in [2.24, 2.45) is 17.8 Å². The molecule has 0 atom stereocenters. The molecule has 2 aromatic heterocycles. The van der Waals surface area contributed by atoms with Gasteiger partial charge in [-0.05, 0) is 88.9 Å². The third-order valence-electron chi connectivity index (χ3n) is 8.41. The number of nitrogens with zero attached hydrogens (tertiary/aromatic N) is 4. The first kappa shape index (κ1) is 21.8. The van der Waals surface area contributed by atoms with Gasteiger partial charge >= 0.3 is 0 Å². The molecule has 7 rings (SSSR count). The number of hydrogen-bond acceptors (Lipinski definition) is 5. The second-order valence-corrected chi connectivity index (χ2v) is 11.4.